The number of aromatic nitrogens is 2. The second-order valence-corrected chi connectivity index (χ2v) is 3.54. The van der Waals surface area contributed by atoms with Crippen molar-refractivity contribution in [3.8, 4) is 0 Å². The Morgan fingerprint density at radius 2 is 1.86 bits per heavy atom. The highest BCUT2D eigenvalue weighted by molar-refractivity contribution is 4.83. The van der Waals surface area contributed by atoms with Gasteiger partial charge in [0.2, 0.25) is 0 Å². The normalized spacial score (nSPS) is 18.8. The maximum absolute atomic E-state index is 4.07. The molecule has 0 N–H and O–H groups in total. The zero-order chi connectivity index (χ0) is 10.4. The van der Waals surface area contributed by atoms with Crippen LogP contribution >= 0.6 is 0 Å². The number of likely N-dealkylation sites (tertiary alicyclic amines) is 1. The fraction of sp³-hybridized carbons (Fsp3) is 0.727. The van der Waals surface area contributed by atoms with E-state index in [0.29, 0.717) is 6.04 Å². The molecule has 1 saturated heterocycles. The van der Waals surface area contributed by atoms with Crippen molar-refractivity contribution in [2.45, 2.75) is 32.7 Å². The van der Waals surface area contributed by atoms with Gasteiger partial charge in [0.05, 0.1) is 6.33 Å². The number of piperidine rings is 1. The maximum atomic E-state index is 4.07. The van der Waals surface area contributed by atoms with Gasteiger partial charge in [-0.3, -0.25) is 0 Å². The van der Waals surface area contributed by atoms with E-state index in [2.05, 4.69) is 27.7 Å². The van der Waals surface area contributed by atoms with E-state index in [9.17, 15) is 0 Å². The lowest BCUT2D eigenvalue weighted by atomic mass is 10.1. The molecule has 0 bridgehead atoms. The number of rotatable bonds is 1. The summed E-state index contributed by atoms with van der Waals surface area (Å²) >= 11 is 0. The highest BCUT2D eigenvalue weighted by Crippen LogP contribution is 2.20. The van der Waals surface area contributed by atoms with Crippen LogP contribution in [0.2, 0.25) is 0 Å². The summed E-state index contributed by atoms with van der Waals surface area (Å²) < 4.78 is 2.23. The van der Waals surface area contributed by atoms with Gasteiger partial charge in [-0.25, -0.2) is 4.98 Å². The van der Waals surface area contributed by atoms with Crippen molar-refractivity contribution in [1.29, 1.82) is 0 Å². The van der Waals surface area contributed by atoms with Crippen LogP contribution in [0.25, 0.3) is 0 Å². The molecular weight excluding hydrogens is 174 g/mol. The van der Waals surface area contributed by atoms with Crippen molar-refractivity contribution in [3.63, 3.8) is 0 Å². The third kappa shape index (κ3) is 2.84. The first-order valence-corrected chi connectivity index (χ1v) is 5.52. The highest BCUT2D eigenvalue weighted by atomic mass is 15.1. The van der Waals surface area contributed by atoms with Gasteiger partial charge in [0.15, 0.2) is 0 Å². The average molecular weight is 195 g/mol. The molecule has 2 heterocycles. The van der Waals surface area contributed by atoms with Gasteiger partial charge < -0.3 is 9.47 Å². The van der Waals surface area contributed by atoms with Crippen molar-refractivity contribution in [3.05, 3.63) is 18.7 Å². The Balaban J connectivity index is 0.000000461. The molecule has 1 aromatic rings. The Labute approximate surface area is 86.7 Å². The summed E-state index contributed by atoms with van der Waals surface area (Å²) in [6.07, 6.45) is 8.37. The smallest absolute Gasteiger partial charge is 0.0948 e. The van der Waals surface area contributed by atoms with E-state index in [0.717, 1.165) is 0 Å². The Hall–Kier alpha value is -0.830. The van der Waals surface area contributed by atoms with Crippen LogP contribution in [0.4, 0.5) is 0 Å². The summed E-state index contributed by atoms with van der Waals surface area (Å²) in [7, 11) is 2.18. The van der Waals surface area contributed by atoms with Crippen LogP contribution in [0.1, 0.15) is 32.7 Å². The fourth-order valence-electron chi connectivity index (χ4n) is 1.78. The van der Waals surface area contributed by atoms with Crippen molar-refractivity contribution in [1.82, 2.24) is 14.5 Å². The Bertz CT molecular complexity index is 223. The lowest BCUT2D eigenvalue weighted by molar-refractivity contribution is 0.221. The minimum absolute atomic E-state index is 0.684. The van der Waals surface area contributed by atoms with Crippen LogP contribution in [0, 0.1) is 0 Å². The monoisotopic (exact) mass is 195 g/mol. The molecule has 0 saturated carbocycles. The summed E-state index contributed by atoms with van der Waals surface area (Å²) in [5, 5.41) is 0. The van der Waals surface area contributed by atoms with Gasteiger partial charge in [-0.05, 0) is 33.0 Å². The number of nitrogens with zero attached hydrogens (tertiary/aromatic N) is 3. The average Bonchev–Trinajstić information content (AvgIpc) is 2.75. The quantitative estimate of drug-likeness (QED) is 0.685. The second kappa shape index (κ2) is 5.81. The van der Waals surface area contributed by atoms with Gasteiger partial charge in [0.1, 0.15) is 0 Å². The summed E-state index contributed by atoms with van der Waals surface area (Å²) in [6.45, 7) is 6.42. The molecule has 1 aromatic heterocycles. The number of hydrogen-bond donors (Lipinski definition) is 0. The van der Waals surface area contributed by atoms with E-state index in [4.69, 9.17) is 0 Å². The van der Waals surface area contributed by atoms with Gasteiger partial charge in [0.25, 0.3) is 0 Å². The van der Waals surface area contributed by atoms with Gasteiger partial charge >= 0.3 is 0 Å². The summed E-state index contributed by atoms with van der Waals surface area (Å²) in [6, 6.07) is 0.684. The van der Waals surface area contributed by atoms with Crippen LogP contribution in [-0.2, 0) is 0 Å². The molecule has 1 aliphatic rings. The number of imidazole rings is 1. The molecule has 14 heavy (non-hydrogen) atoms. The zero-order valence-corrected chi connectivity index (χ0v) is 9.48. The summed E-state index contributed by atoms with van der Waals surface area (Å²) in [4.78, 5) is 6.45. The minimum Gasteiger partial charge on any atom is -0.334 e. The molecule has 0 aromatic carbocycles. The van der Waals surface area contributed by atoms with Crippen molar-refractivity contribution in [2.24, 2.45) is 0 Å². The molecule has 1 aliphatic heterocycles. The van der Waals surface area contributed by atoms with Crippen molar-refractivity contribution < 1.29 is 0 Å². The minimum atomic E-state index is 0.684. The van der Waals surface area contributed by atoms with E-state index in [-0.39, 0.29) is 0 Å². The first-order chi connectivity index (χ1) is 6.86. The molecule has 1 fully saturated rings. The highest BCUT2D eigenvalue weighted by Gasteiger charge is 2.16. The standard InChI is InChI=1S/C9H15N3.C2H6/c1-11-5-2-9(3-6-11)12-7-4-10-8-12;1-2/h4,7-9H,2-3,5-6H2,1H3;1-2H3. The molecule has 3 nitrogen and oxygen atoms in total. The largest absolute Gasteiger partial charge is 0.334 e. The van der Waals surface area contributed by atoms with Crippen LogP contribution in [-0.4, -0.2) is 34.6 Å². The SMILES string of the molecule is CC.CN1CCC(n2ccnc2)CC1. The van der Waals surface area contributed by atoms with E-state index in [1.54, 1.807) is 0 Å². The van der Waals surface area contributed by atoms with Gasteiger partial charge in [0, 0.05) is 18.4 Å². The molecule has 0 amide bonds. The molecule has 0 atom stereocenters. The molecule has 0 aliphatic carbocycles. The molecule has 0 unspecified atom stereocenters. The zero-order valence-electron chi connectivity index (χ0n) is 9.48. The molecule has 3 heteroatoms. The van der Waals surface area contributed by atoms with Crippen LogP contribution in [0.3, 0.4) is 0 Å². The third-order valence-corrected chi connectivity index (χ3v) is 2.63. The Kier molecular flexibility index (Phi) is 4.66. The third-order valence-electron chi connectivity index (χ3n) is 2.63. The molecule has 0 radical (unpaired) electrons. The van der Waals surface area contributed by atoms with Crippen LogP contribution in [0.15, 0.2) is 18.7 Å². The van der Waals surface area contributed by atoms with Crippen LogP contribution in [0.5, 0.6) is 0 Å². The van der Waals surface area contributed by atoms with Gasteiger partial charge in [-0.2, -0.15) is 0 Å². The molecule has 80 valence electrons. The predicted molar refractivity (Wildman–Crippen MR) is 59.3 cm³/mol. The molecule has 2 rings (SSSR count). The fourth-order valence-corrected chi connectivity index (χ4v) is 1.78. The Morgan fingerprint density at radius 1 is 1.21 bits per heavy atom. The van der Waals surface area contributed by atoms with E-state index < -0.39 is 0 Å². The van der Waals surface area contributed by atoms with E-state index >= 15 is 0 Å². The van der Waals surface area contributed by atoms with Gasteiger partial charge in [-0.1, -0.05) is 13.8 Å². The summed E-state index contributed by atoms with van der Waals surface area (Å²) in [5.41, 5.74) is 0. The van der Waals surface area contributed by atoms with Crippen molar-refractivity contribution in [2.75, 3.05) is 20.1 Å². The maximum Gasteiger partial charge on any atom is 0.0948 e. The van der Waals surface area contributed by atoms with Crippen LogP contribution < -0.4 is 0 Å². The molecule has 0 spiro atoms. The topological polar surface area (TPSA) is 21.1 Å². The number of hydrogen-bond acceptors (Lipinski definition) is 2. The lowest BCUT2D eigenvalue weighted by Gasteiger charge is -2.29. The predicted octanol–water partition coefficient (Wildman–Crippen LogP) is 2.18. The summed E-state index contributed by atoms with van der Waals surface area (Å²) in [5.74, 6) is 0. The van der Waals surface area contributed by atoms with Gasteiger partial charge in [-0.15, -0.1) is 0 Å². The first-order valence-electron chi connectivity index (χ1n) is 5.52. The first kappa shape index (κ1) is 11.2. The lowest BCUT2D eigenvalue weighted by Crippen LogP contribution is -2.31. The second-order valence-electron chi connectivity index (χ2n) is 3.54. The van der Waals surface area contributed by atoms with E-state index in [1.807, 2.05) is 26.4 Å². The van der Waals surface area contributed by atoms with E-state index in [1.165, 1.54) is 25.9 Å². The molecular formula is C11H21N3. The Morgan fingerprint density at radius 3 is 2.36 bits per heavy atom. The van der Waals surface area contributed by atoms with Crippen molar-refractivity contribution >= 4 is 0 Å².